The van der Waals surface area contributed by atoms with E-state index in [1.54, 1.807) is 6.92 Å². The van der Waals surface area contributed by atoms with Crippen LogP contribution in [0.4, 0.5) is 0 Å². The summed E-state index contributed by atoms with van der Waals surface area (Å²) in [5.74, 6) is 0.643. The zero-order valence-electron chi connectivity index (χ0n) is 8.77. The Morgan fingerprint density at radius 1 is 1.40 bits per heavy atom. The fourth-order valence-corrected chi connectivity index (χ4v) is 4.16. The van der Waals surface area contributed by atoms with Crippen molar-refractivity contribution >= 4 is 19.9 Å². The molecule has 0 aromatic carbocycles. The van der Waals surface area contributed by atoms with E-state index in [1.807, 2.05) is 0 Å². The summed E-state index contributed by atoms with van der Waals surface area (Å²) < 4.78 is 46.8. The lowest BCUT2D eigenvalue weighted by Gasteiger charge is -2.08. The van der Waals surface area contributed by atoms with E-state index < -0.39 is 19.9 Å². The molecule has 0 amide bonds. The fourth-order valence-electron chi connectivity index (χ4n) is 1.62. The molecule has 1 aliphatic heterocycles. The molecule has 1 fully saturated rings. The fraction of sp³-hybridized carbons (Fsp3) is 1.00. The van der Waals surface area contributed by atoms with Gasteiger partial charge in [-0.05, 0) is 25.7 Å². The molecule has 0 aliphatic carbocycles. The highest BCUT2D eigenvalue weighted by atomic mass is 32.2. The Balaban J connectivity index is 2.29. The largest absolute Gasteiger partial charge is 0.229 e. The van der Waals surface area contributed by atoms with Crippen LogP contribution in [-0.4, -0.2) is 40.6 Å². The van der Waals surface area contributed by atoms with Gasteiger partial charge in [0.05, 0.1) is 17.3 Å². The predicted octanol–water partition coefficient (Wildman–Crippen LogP) is -0.249. The molecular formula is C8H17NO4S2. The number of rotatable bonds is 5. The van der Waals surface area contributed by atoms with E-state index in [9.17, 15) is 16.8 Å². The first kappa shape index (κ1) is 12.9. The molecule has 7 heteroatoms. The molecule has 90 valence electrons. The van der Waals surface area contributed by atoms with Crippen LogP contribution in [0.1, 0.15) is 19.8 Å². The van der Waals surface area contributed by atoms with E-state index in [0.717, 1.165) is 0 Å². The molecular weight excluding hydrogens is 238 g/mol. The smallest absolute Gasteiger partial charge is 0.211 e. The normalized spacial score (nSPS) is 25.5. The second-order valence-corrected chi connectivity index (χ2v) is 8.18. The highest BCUT2D eigenvalue weighted by molar-refractivity contribution is 7.91. The average Bonchev–Trinajstić information content (AvgIpc) is 2.45. The topological polar surface area (TPSA) is 80.3 Å². The maximum absolute atomic E-state index is 11.1. The van der Waals surface area contributed by atoms with Crippen LogP contribution in [0.3, 0.4) is 0 Å². The van der Waals surface area contributed by atoms with Gasteiger partial charge in [-0.25, -0.2) is 21.6 Å². The van der Waals surface area contributed by atoms with Gasteiger partial charge in [-0.1, -0.05) is 0 Å². The molecule has 0 spiro atoms. The third-order valence-corrected chi connectivity index (χ3v) is 5.82. The van der Waals surface area contributed by atoms with Gasteiger partial charge in [-0.15, -0.1) is 0 Å². The van der Waals surface area contributed by atoms with Gasteiger partial charge >= 0.3 is 0 Å². The Bertz CT molecular complexity index is 398. The minimum absolute atomic E-state index is 0.0654. The minimum atomic E-state index is -3.14. The van der Waals surface area contributed by atoms with Crippen molar-refractivity contribution in [2.45, 2.75) is 19.8 Å². The molecule has 0 saturated carbocycles. The first-order valence-electron chi connectivity index (χ1n) is 5.02. The quantitative estimate of drug-likeness (QED) is 0.734. The van der Waals surface area contributed by atoms with Crippen LogP contribution in [0.5, 0.6) is 0 Å². The van der Waals surface area contributed by atoms with Crippen LogP contribution in [0.2, 0.25) is 0 Å². The summed E-state index contributed by atoms with van der Waals surface area (Å²) in [6.07, 6.45) is 1.27. The molecule has 0 aromatic rings. The lowest BCUT2D eigenvalue weighted by Crippen LogP contribution is -2.27. The number of hydrogen-bond donors (Lipinski definition) is 1. The van der Waals surface area contributed by atoms with E-state index in [4.69, 9.17) is 0 Å². The first-order chi connectivity index (χ1) is 6.85. The van der Waals surface area contributed by atoms with Crippen LogP contribution in [-0.2, 0) is 19.9 Å². The minimum Gasteiger partial charge on any atom is -0.229 e. The van der Waals surface area contributed by atoms with Crippen LogP contribution in [0.25, 0.3) is 0 Å². The van der Waals surface area contributed by atoms with Gasteiger partial charge in [-0.2, -0.15) is 0 Å². The van der Waals surface area contributed by atoms with Crippen LogP contribution < -0.4 is 4.72 Å². The highest BCUT2D eigenvalue weighted by Crippen LogP contribution is 2.20. The standard InChI is InChI=1S/C8H17NO4S2/c1-2-15(12,13)9-5-3-8-4-6-14(10,11)7-8/h8-9H,2-7H2,1H3. The maximum atomic E-state index is 11.1. The maximum Gasteiger partial charge on any atom is 0.211 e. The van der Waals surface area contributed by atoms with Crippen LogP contribution >= 0.6 is 0 Å². The number of nitrogens with one attached hydrogen (secondary N) is 1. The van der Waals surface area contributed by atoms with Gasteiger partial charge in [0.2, 0.25) is 10.0 Å². The Morgan fingerprint density at radius 2 is 2.07 bits per heavy atom. The molecule has 1 saturated heterocycles. The third-order valence-electron chi connectivity index (χ3n) is 2.58. The lowest BCUT2D eigenvalue weighted by atomic mass is 10.1. The van der Waals surface area contributed by atoms with Crippen LogP contribution in [0.15, 0.2) is 0 Å². The zero-order valence-corrected chi connectivity index (χ0v) is 10.4. The monoisotopic (exact) mass is 255 g/mol. The van der Waals surface area contributed by atoms with E-state index in [0.29, 0.717) is 19.4 Å². The summed E-state index contributed by atoms with van der Waals surface area (Å²) in [5.41, 5.74) is 0. The molecule has 1 heterocycles. The second-order valence-electron chi connectivity index (χ2n) is 3.86. The van der Waals surface area contributed by atoms with Crippen molar-refractivity contribution in [3.8, 4) is 0 Å². The van der Waals surface area contributed by atoms with E-state index in [2.05, 4.69) is 4.72 Å². The summed E-state index contributed by atoms with van der Waals surface area (Å²) >= 11 is 0. The zero-order chi connectivity index (χ0) is 11.5. The van der Waals surface area contributed by atoms with Gasteiger partial charge in [0.1, 0.15) is 0 Å². The van der Waals surface area contributed by atoms with E-state index in [-0.39, 0.29) is 23.2 Å². The number of hydrogen-bond acceptors (Lipinski definition) is 4. The Hall–Kier alpha value is -0.140. The van der Waals surface area contributed by atoms with Gasteiger partial charge in [-0.3, -0.25) is 0 Å². The predicted molar refractivity (Wildman–Crippen MR) is 58.8 cm³/mol. The molecule has 0 bridgehead atoms. The molecule has 1 rings (SSSR count). The van der Waals surface area contributed by atoms with Gasteiger partial charge in [0.15, 0.2) is 9.84 Å². The molecule has 1 unspecified atom stereocenters. The lowest BCUT2D eigenvalue weighted by molar-refractivity contribution is 0.527. The van der Waals surface area contributed by atoms with Crippen molar-refractivity contribution in [1.82, 2.24) is 4.72 Å². The number of sulfone groups is 1. The summed E-state index contributed by atoms with van der Waals surface area (Å²) in [5, 5.41) is 0. The van der Waals surface area contributed by atoms with Crippen LogP contribution in [0, 0.1) is 5.92 Å². The van der Waals surface area contributed by atoms with E-state index in [1.165, 1.54) is 0 Å². The summed E-state index contributed by atoms with van der Waals surface area (Å²) in [6, 6.07) is 0. The molecule has 0 radical (unpaired) electrons. The third kappa shape index (κ3) is 4.48. The summed E-state index contributed by atoms with van der Waals surface area (Å²) in [4.78, 5) is 0. The first-order valence-corrected chi connectivity index (χ1v) is 8.50. The molecule has 1 N–H and O–H groups in total. The van der Waals surface area contributed by atoms with Gasteiger partial charge < -0.3 is 0 Å². The SMILES string of the molecule is CCS(=O)(=O)NCCC1CCS(=O)(=O)C1. The van der Waals surface area contributed by atoms with Crippen molar-refractivity contribution in [3.63, 3.8) is 0 Å². The van der Waals surface area contributed by atoms with Crippen molar-refractivity contribution in [2.75, 3.05) is 23.8 Å². The average molecular weight is 255 g/mol. The summed E-state index contributed by atoms with van der Waals surface area (Å²) in [6.45, 7) is 1.92. The van der Waals surface area contributed by atoms with Gasteiger partial charge in [0.25, 0.3) is 0 Å². The molecule has 15 heavy (non-hydrogen) atoms. The Labute approximate surface area is 91.2 Å². The summed E-state index contributed by atoms with van der Waals surface area (Å²) in [7, 11) is -5.98. The molecule has 5 nitrogen and oxygen atoms in total. The van der Waals surface area contributed by atoms with Gasteiger partial charge in [0, 0.05) is 6.54 Å². The Kier molecular flexibility index (Phi) is 4.13. The van der Waals surface area contributed by atoms with Crippen molar-refractivity contribution in [3.05, 3.63) is 0 Å². The number of sulfonamides is 1. The van der Waals surface area contributed by atoms with Crippen molar-refractivity contribution < 1.29 is 16.8 Å². The second kappa shape index (κ2) is 4.80. The van der Waals surface area contributed by atoms with E-state index >= 15 is 0 Å². The molecule has 1 atom stereocenters. The molecule has 0 aromatic heterocycles. The van der Waals surface area contributed by atoms with Crippen molar-refractivity contribution in [1.29, 1.82) is 0 Å². The highest BCUT2D eigenvalue weighted by Gasteiger charge is 2.27. The Morgan fingerprint density at radius 3 is 2.53 bits per heavy atom. The molecule has 1 aliphatic rings. The van der Waals surface area contributed by atoms with Crippen molar-refractivity contribution in [2.24, 2.45) is 5.92 Å².